The Hall–Kier alpha value is -0.0800. The van der Waals surface area contributed by atoms with Gasteiger partial charge in [-0.2, -0.15) is 0 Å². The Labute approximate surface area is 113 Å². The van der Waals surface area contributed by atoms with E-state index in [1.165, 1.54) is 58.0 Å². The highest BCUT2D eigenvalue weighted by molar-refractivity contribution is 4.94. The third kappa shape index (κ3) is 3.08. The molecule has 1 heterocycles. The minimum absolute atomic E-state index is 0.423. The first-order chi connectivity index (χ1) is 8.54. The zero-order valence-corrected chi connectivity index (χ0v) is 12.6. The molecule has 2 rings (SSSR count). The Balaban J connectivity index is 2.00. The summed E-state index contributed by atoms with van der Waals surface area (Å²) in [5.41, 5.74) is 6.91. The molecule has 0 radical (unpaired) electrons. The highest BCUT2D eigenvalue weighted by Gasteiger charge is 2.38. The van der Waals surface area contributed by atoms with Gasteiger partial charge in [-0.1, -0.05) is 33.6 Å². The molecular formula is C16H32N2. The first-order valence-corrected chi connectivity index (χ1v) is 8.04. The van der Waals surface area contributed by atoms with Gasteiger partial charge in [0.15, 0.2) is 0 Å². The predicted molar refractivity (Wildman–Crippen MR) is 78.6 cm³/mol. The van der Waals surface area contributed by atoms with E-state index in [-0.39, 0.29) is 0 Å². The molecule has 18 heavy (non-hydrogen) atoms. The summed E-state index contributed by atoms with van der Waals surface area (Å²) >= 11 is 0. The lowest BCUT2D eigenvalue weighted by Gasteiger charge is -2.47. The van der Waals surface area contributed by atoms with Crippen LogP contribution in [0, 0.1) is 11.3 Å². The molecule has 1 aliphatic carbocycles. The van der Waals surface area contributed by atoms with Gasteiger partial charge in [-0.3, -0.25) is 4.90 Å². The molecule has 1 saturated carbocycles. The molecule has 3 atom stereocenters. The molecule has 0 aromatic heterocycles. The summed E-state index contributed by atoms with van der Waals surface area (Å²) in [5, 5.41) is 0. The molecule has 2 N–H and O–H groups in total. The number of likely N-dealkylation sites (tertiary alicyclic amines) is 1. The third-order valence-electron chi connectivity index (χ3n) is 5.74. The van der Waals surface area contributed by atoms with Gasteiger partial charge in [-0.15, -0.1) is 0 Å². The molecule has 1 aliphatic heterocycles. The smallest absolute Gasteiger partial charge is 0.0250 e. The summed E-state index contributed by atoms with van der Waals surface area (Å²) in [5.74, 6) is 0.870. The third-order valence-corrected chi connectivity index (χ3v) is 5.74. The van der Waals surface area contributed by atoms with Crippen LogP contribution in [0.3, 0.4) is 0 Å². The standard InChI is InChI=1S/C16H32N2/c1-4-16(2,3)13-8-9-14(17)15(12-13)18-10-6-5-7-11-18/h13-15H,4-12,17H2,1-3H3. The van der Waals surface area contributed by atoms with Crippen molar-refractivity contribution in [3.8, 4) is 0 Å². The van der Waals surface area contributed by atoms with E-state index in [9.17, 15) is 0 Å². The number of piperidine rings is 1. The highest BCUT2D eigenvalue weighted by atomic mass is 15.2. The summed E-state index contributed by atoms with van der Waals surface area (Å²) in [7, 11) is 0. The van der Waals surface area contributed by atoms with Gasteiger partial charge in [-0.05, 0) is 56.5 Å². The molecule has 1 saturated heterocycles. The van der Waals surface area contributed by atoms with Gasteiger partial charge in [0.2, 0.25) is 0 Å². The van der Waals surface area contributed by atoms with E-state index in [1.807, 2.05) is 0 Å². The fourth-order valence-corrected chi connectivity index (χ4v) is 3.84. The van der Waals surface area contributed by atoms with Crippen LogP contribution in [-0.4, -0.2) is 30.1 Å². The second-order valence-corrected chi connectivity index (χ2v) is 7.18. The van der Waals surface area contributed by atoms with E-state index in [0.29, 0.717) is 17.5 Å². The van der Waals surface area contributed by atoms with Crippen LogP contribution in [0.2, 0.25) is 0 Å². The first kappa shape index (κ1) is 14.3. The normalized spacial score (nSPS) is 35.7. The number of nitrogens with two attached hydrogens (primary N) is 1. The zero-order valence-electron chi connectivity index (χ0n) is 12.6. The van der Waals surface area contributed by atoms with Crippen molar-refractivity contribution in [1.82, 2.24) is 4.90 Å². The Morgan fingerprint density at radius 3 is 2.39 bits per heavy atom. The van der Waals surface area contributed by atoms with E-state index in [4.69, 9.17) is 5.73 Å². The maximum Gasteiger partial charge on any atom is 0.0250 e. The lowest BCUT2D eigenvalue weighted by atomic mass is 9.67. The van der Waals surface area contributed by atoms with Gasteiger partial charge in [0.05, 0.1) is 0 Å². The van der Waals surface area contributed by atoms with E-state index in [2.05, 4.69) is 25.7 Å². The van der Waals surface area contributed by atoms with Gasteiger partial charge < -0.3 is 5.73 Å². The summed E-state index contributed by atoms with van der Waals surface area (Å²) < 4.78 is 0. The molecule has 0 spiro atoms. The Morgan fingerprint density at radius 1 is 1.11 bits per heavy atom. The van der Waals surface area contributed by atoms with Crippen LogP contribution in [0.4, 0.5) is 0 Å². The minimum Gasteiger partial charge on any atom is -0.326 e. The molecule has 2 aliphatic rings. The molecule has 106 valence electrons. The SMILES string of the molecule is CCC(C)(C)C1CCC(N)C(N2CCCCC2)C1. The van der Waals surface area contributed by atoms with Crippen LogP contribution in [0.5, 0.6) is 0 Å². The molecule has 0 aromatic carbocycles. The summed E-state index contributed by atoms with van der Waals surface area (Å²) in [6.45, 7) is 9.81. The van der Waals surface area contributed by atoms with Crippen molar-refractivity contribution in [3.05, 3.63) is 0 Å². The van der Waals surface area contributed by atoms with Crippen LogP contribution in [0.1, 0.15) is 65.7 Å². The van der Waals surface area contributed by atoms with Crippen molar-refractivity contribution in [3.63, 3.8) is 0 Å². The summed E-state index contributed by atoms with van der Waals surface area (Å²) in [6, 6.07) is 1.09. The highest BCUT2D eigenvalue weighted by Crippen LogP contribution is 2.41. The molecule has 0 amide bonds. The van der Waals surface area contributed by atoms with E-state index < -0.39 is 0 Å². The van der Waals surface area contributed by atoms with Crippen LogP contribution in [0.25, 0.3) is 0 Å². The zero-order chi connectivity index (χ0) is 13.2. The molecule has 3 unspecified atom stereocenters. The molecule has 2 nitrogen and oxygen atoms in total. The summed E-state index contributed by atoms with van der Waals surface area (Å²) in [4.78, 5) is 2.70. The number of rotatable bonds is 3. The minimum atomic E-state index is 0.423. The number of hydrogen-bond donors (Lipinski definition) is 1. The van der Waals surface area contributed by atoms with Crippen LogP contribution < -0.4 is 5.73 Å². The van der Waals surface area contributed by atoms with Gasteiger partial charge in [0.25, 0.3) is 0 Å². The molecule has 2 heteroatoms. The van der Waals surface area contributed by atoms with Crippen molar-refractivity contribution >= 4 is 0 Å². The second kappa shape index (κ2) is 5.92. The Bertz CT molecular complexity index is 256. The fraction of sp³-hybridized carbons (Fsp3) is 1.00. The maximum atomic E-state index is 6.42. The van der Waals surface area contributed by atoms with Crippen LogP contribution in [-0.2, 0) is 0 Å². The van der Waals surface area contributed by atoms with Gasteiger partial charge in [0, 0.05) is 12.1 Å². The maximum absolute atomic E-state index is 6.42. The monoisotopic (exact) mass is 252 g/mol. The molecule has 2 fully saturated rings. The van der Waals surface area contributed by atoms with Crippen molar-refractivity contribution < 1.29 is 0 Å². The van der Waals surface area contributed by atoms with Crippen molar-refractivity contribution in [2.75, 3.05) is 13.1 Å². The Morgan fingerprint density at radius 2 is 1.78 bits per heavy atom. The quantitative estimate of drug-likeness (QED) is 0.834. The average molecular weight is 252 g/mol. The van der Waals surface area contributed by atoms with Crippen molar-refractivity contribution in [2.45, 2.75) is 77.8 Å². The Kier molecular flexibility index (Phi) is 4.71. The molecule has 0 aromatic rings. The first-order valence-electron chi connectivity index (χ1n) is 8.04. The van der Waals surface area contributed by atoms with Gasteiger partial charge >= 0.3 is 0 Å². The second-order valence-electron chi connectivity index (χ2n) is 7.18. The fourth-order valence-electron chi connectivity index (χ4n) is 3.84. The lowest BCUT2D eigenvalue weighted by Crippen LogP contribution is -2.54. The number of nitrogens with zero attached hydrogens (tertiary/aromatic N) is 1. The predicted octanol–water partition coefficient (Wildman–Crippen LogP) is 3.40. The van der Waals surface area contributed by atoms with Gasteiger partial charge in [0.1, 0.15) is 0 Å². The van der Waals surface area contributed by atoms with Crippen molar-refractivity contribution in [1.29, 1.82) is 0 Å². The summed E-state index contributed by atoms with van der Waals surface area (Å²) in [6.07, 6.45) is 9.38. The van der Waals surface area contributed by atoms with Gasteiger partial charge in [-0.25, -0.2) is 0 Å². The average Bonchev–Trinajstić information content (AvgIpc) is 2.40. The molecular weight excluding hydrogens is 220 g/mol. The van der Waals surface area contributed by atoms with E-state index in [0.717, 1.165) is 5.92 Å². The topological polar surface area (TPSA) is 29.3 Å². The van der Waals surface area contributed by atoms with Crippen LogP contribution >= 0.6 is 0 Å². The van der Waals surface area contributed by atoms with Crippen LogP contribution in [0.15, 0.2) is 0 Å². The van der Waals surface area contributed by atoms with E-state index >= 15 is 0 Å². The van der Waals surface area contributed by atoms with E-state index in [1.54, 1.807) is 0 Å². The lowest BCUT2D eigenvalue weighted by molar-refractivity contribution is 0.0501. The van der Waals surface area contributed by atoms with Crippen molar-refractivity contribution in [2.24, 2.45) is 17.1 Å². The molecule has 0 bridgehead atoms. The number of hydrogen-bond acceptors (Lipinski definition) is 2. The largest absolute Gasteiger partial charge is 0.326 e.